The molecule has 1 amide bonds. The number of aromatic nitrogens is 2. The summed E-state index contributed by atoms with van der Waals surface area (Å²) in [6.07, 6.45) is 6.59. The van der Waals surface area contributed by atoms with Crippen molar-refractivity contribution in [2.24, 2.45) is 5.92 Å². The Balaban J connectivity index is 1.29. The van der Waals surface area contributed by atoms with E-state index >= 15 is 0 Å². The first-order chi connectivity index (χ1) is 11.8. The van der Waals surface area contributed by atoms with E-state index in [1.165, 1.54) is 12.8 Å². The number of hydrogen-bond donors (Lipinski definition) is 1. The molecule has 0 bridgehead atoms. The first-order valence-corrected chi connectivity index (χ1v) is 8.65. The lowest BCUT2D eigenvalue weighted by Gasteiger charge is -2.20. The molecule has 7 nitrogen and oxygen atoms in total. The van der Waals surface area contributed by atoms with Gasteiger partial charge in [-0.05, 0) is 43.7 Å². The molecule has 2 aliphatic rings. The molecule has 1 saturated carbocycles. The van der Waals surface area contributed by atoms with Crippen LogP contribution in [0.4, 0.5) is 0 Å². The minimum absolute atomic E-state index is 0.297. The molecule has 128 valence electrons. The summed E-state index contributed by atoms with van der Waals surface area (Å²) in [6.45, 7) is 2.32. The normalized spacial score (nSPS) is 21.9. The molecule has 2 aromatic rings. The maximum Gasteiger partial charge on any atom is 0.293 e. The molecule has 1 unspecified atom stereocenters. The summed E-state index contributed by atoms with van der Waals surface area (Å²) in [6, 6.07) is 3.88. The van der Waals surface area contributed by atoms with Crippen LogP contribution in [-0.4, -0.2) is 40.1 Å². The van der Waals surface area contributed by atoms with Crippen LogP contribution in [0.3, 0.4) is 0 Å². The van der Waals surface area contributed by atoms with Crippen molar-refractivity contribution in [1.29, 1.82) is 0 Å². The van der Waals surface area contributed by atoms with Gasteiger partial charge >= 0.3 is 0 Å². The number of carbonyl (C=O) groups excluding carboxylic acids is 1. The lowest BCUT2D eigenvalue weighted by atomic mass is 10.1. The zero-order valence-corrected chi connectivity index (χ0v) is 13.6. The van der Waals surface area contributed by atoms with E-state index in [4.69, 9.17) is 8.94 Å². The van der Waals surface area contributed by atoms with Crippen LogP contribution in [0.5, 0.6) is 0 Å². The number of amides is 1. The first-order valence-electron chi connectivity index (χ1n) is 8.65. The van der Waals surface area contributed by atoms with E-state index in [1.807, 2.05) is 4.90 Å². The van der Waals surface area contributed by atoms with E-state index in [-0.39, 0.29) is 0 Å². The average molecular weight is 330 g/mol. The molecule has 24 heavy (non-hydrogen) atoms. The molecular weight excluding hydrogens is 308 g/mol. The van der Waals surface area contributed by atoms with Gasteiger partial charge in [0.1, 0.15) is 0 Å². The Kier molecular flexibility index (Phi) is 4.34. The molecule has 2 fully saturated rings. The van der Waals surface area contributed by atoms with Gasteiger partial charge in [-0.1, -0.05) is 5.16 Å². The van der Waals surface area contributed by atoms with Crippen molar-refractivity contribution in [2.75, 3.05) is 13.1 Å². The van der Waals surface area contributed by atoms with Gasteiger partial charge in [0, 0.05) is 25.6 Å². The fourth-order valence-electron chi connectivity index (χ4n) is 3.11. The molecule has 7 heteroatoms. The van der Waals surface area contributed by atoms with Crippen LogP contribution in [0.2, 0.25) is 0 Å². The van der Waals surface area contributed by atoms with Gasteiger partial charge in [0.2, 0.25) is 5.91 Å². The van der Waals surface area contributed by atoms with Crippen LogP contribution in [0, 0.1) is 5.92 Å². The van der Waals surface area contributed by atoms with E-state index in [9.17, 15) is 4.79 Å². The van der Waals surface area contributed by atoms with Crippen LogP contribution in [0.15, 0.2) is 27.3 Å². The van der Waals surface area contributed by atoms with E-state index in [0.717, 1.165) is 31.8 Å². The van der Waals surface area contributed by atoms with Crippen molar-refractivity contribution >= 4 is 5.91 Å². The van der Waals surface area contributed by atoms with Crippen molar-refractivity contribution in [3.63, 3.8) is 0 Å². The van der Waals surface area contributed by atoms with Gasteiger partial charge in [0.05, 0.1) is 12.8 Å². The fraction of sp³-hybridized carbons (Fsp3) is 0.588. The van der Waals surface area contributed by atoms with Crippen LogP contribution in [0.1, 0.15) is 37.9 Å². The summed E-state index contributed by atoms with van der Waals surface area (Å²) >= 11 is 0. The number of nitrogens with zero attached hydrogens (tertiary/aromatic N) is 3. The predicted octanol–water partition coefficient (Wildman–Crippen LogP) is 2.21. The highest BCUT2D eigenvalue weighted by Crippen LogP contribution is 2.30. The third-order valence-corrected chi connectivity index (χ3v) is 4.73. The minimum atomic E-state index is 0.297. The molecule has 3 heterocycles. The average Bonchev–Trinajstić information content (AvgIpc) is 3.09. The molecule has 1 aliphatic heterocycles. The van der Waals surface area contributed by atoms with Gasteiger partial charge in [-0.15, -0.1) is 0 Å². The van der Waals surface area contributed by atoms with Crippen molar-refractivity contribution in [2.45, 2.75) is 44.7 Å². The van der Waals surface area contributed by atoms with Crippen molar-refractivity contribution in [3.8, 4) is 11.7 Å². The van der Waals surface area contributed by atoms with Gasteiger partial charge in [-0.3, -0.25) is 4.79 Å². The van der Waals surface area contributed by atoms with E-state index in [0.29, 0.717) is 42.4 Å². The van der Waals surface area contributed by atoms with E-state index in [1.54, 1.807) is 18.4 Å². The highest BCUT2D eigenvalue weighted by molar-refractivity contribution is 5.76. The van der Waals surface area contributed by atoms with Crippen molar-refractivity contribution in [3.05, 3.63) is 24.2 Å². The molecule has 2 aromatic heterocycles. The molecule has 1 atom stereocenters. The number of likely N-dealkylation sites (tertiary alicyclic amines) is 1. The monoisotopic (exact) mass is 330 g/mol. The predicted molar refractivity (Wildman–Crippen MR) is 85.8 cm³/mol. The summed E-state index contributed by atoms with van der Waals surface area (Å²) in [5.41, 5.74) is 0. The lowest BCUT2D eigenvalue weighted by molar-refractivity contribution is -0.130. The minimum Gasteiger partial charge on any atom is -0.459 e. The molecule has 4 rings (SSSR count). The molecule has 0 radical (unpaired) electrons. The van der Waals surface area contributed by atoms with Gasteiger partial charge in [0.15, 0.2) is 11.6 Å². The van der Waals surface area contributed by atoms with Crippen LogP contribution < -0.4 is 5.32 Å². The molecule has 1 N–H and O–H groups in total. The molecule has 1 aliphatic carbocycles. The van der Waals surface area contributed by atoms with Crippen molar-refractivity contribution < 1.29 is 13.7 Å². The number of rotatable bonds is 6. The fourth-order valence-corrected chi connectivity index (χ4v) is 3.11. The lowest BCUT2D eigenvalue weighted by Crippen LogP contribution is -2.33. The highest BCUT2D eigenvalue weighted by atomic mass is 16.5. The van der Waals surface area contributed by atoms with E-state index in [2.05, 4.69) is 15.5 Å². The summed E-state index contributed by atoms with van der Waals surface area (Å²) in [7, 11) is 0. The second-order valence-corrected chi connectivity index (χ2v) is 6.68. The second kappa shape index (κ2) is 6.76. The maximum atomic E-state index is 12.2. The zero-order chi connectivity index (χ0) is 16.4. The molecule has 0 aromatic carbocycles. The van der Waals surface area contributed by atoms with Crippen LogP contribution in [-0.2, 0) is 11.3 Å². The smallest absolute Gasteiger partial charge is 0.293 e. The Morgan fingerprint density at radius 1 is 1.29 bits per heavy atom. The zero-order valence-electron chi connectivity index (χ0n) is 13.6. The van der Waals surface area contributed by atoms with Gasteiger partial charge in [-0.25, -0.2) is 0 Å². The number of nitrogens with one attached hydrogen (secondary N) is 1. The van der Waals surface area contributed by atoms with E-state index < -0.39 is 0 Å². The number of hydrogen-bond acceptors (Lipinski definition) is 6. The number of carbonyl (C=O) groups is 1. The van der Waals surface area contributed by atoms with Gasteiger partial charge in [-0.2, -0.15) is 4.98 Å². The van der Waals surface area contributed by atoms with Gasteiger partial charge < -0.3 is 19.2 Å². The Labute approximate surface area is 140 Å². The summed E-state index contributed by atoms with van der Waals surface area (Å²) < 4.78 is 10.4. The number of furan rings is 1. The van der Waals surface area contributed by atoms with Gasteiger partial charge in [0.25, 0.3) is 5.89 Å². The highest BCUT2D eigenvalue weighted by Gasteiger charge is 2.29. The summed E-state index contributed by atoms with van der Waals surface area (Å²) in [4.78, 5) is 18.6. The summed E-state index contributed by atoms with van der Waals surface area (Å²) in [5.74, 6) is 2.61. The summed E-state index contributed by atoms with van der Waals surface area (Å²) in [5, 5.41) is 7.42. The van der Waals surface area contributed by atoms with Crippen LogP contribution in [0.25, 0.3) is 11.7 Å². The van der Waals surface area contributed by atoms with Crippen molar-refractivity contribution in [1.82, 2.24) is 20.4 Å². The first kappa shape index (κ1) is 15.4. The third kappa shape index (κ3) is 3.67. The Hall–Kier alpha value is -2.15. The molecule has 0 spiro atoms. The Bertz CT molecular complexity index is 678. The Morgan fingerprint density at radius 3 is 3.00 bits per heavy atom. The second-order valence-electron chi connectivity index (χ2n) is 6.68. The quantitative estimate of drug-likeness (QED) is 0.874. The SMILES string of the molecule is O=C1CCC(NCc2noc(-c3ccco3)n2)CCN1CC1CC1. The van der Waals surface area contributed by atoms with Crippen LogP contribution >= 0.6 is 0 Å². The topological polar surface area (TPSA) is 84.4 Å². The third-order valence-electron chi connectivity index (χ3n) is 4.73. The Morgan fingerprint density at radius 2 is 2.21 bits per heavy atom. The molecule has 1 saturated heterocycles. The maximum absolute atomic E-state index is 12.2. The molecular formula is C17H22N4O3. The largest absolute Gasteiger partial charge is 0.459 e. The standard InChI is InChI=1S/C17H22N4O3/c22-16-6-5-13(7-8-21(16)11-12-3-4-12)18-10-15-19-17(24-20-15)14-2-1-9-23-14/h1-2,9,12-13,18H,3-8,10-11H2.